The lowest BCUT2D eigenvalue weighted by atomic mass is 9.86. The van der Waals surface area contributed by atoms with E-state index in [1.807, 2.05) is 45.9 Å². The van der Waals surface area contributed by atoms with Crippen LogP contribution in [-0.4, -0.2) is 20.9 Å². The molecule has 1 amide bonds. The van der Waals surface area contributed by atoms with Gasteiger partial charge in [0, 0.05) is 0 Å². The van der Waals surface area contributed by atoms with Crippen molar-refractivity contribution >= 4 is 21.6 Å². The summed E-state index contributed by atoms with van der Waals surface area (Å²) >= 11 is 0. The summed E-state index contributed by atoms with van der Waals surface area (Å²) in [5.41, 5.74) is 5.51. The molecule has 3 aromatic carbocycles. The van der Waals surface area contributed by atoms with Crippen molar-refractivity contribution in [3.8, 4) is 0 Å². The minimum atomic E-state index is -3.95. The van der Waals surface area contributed by atoms with Gasteiger partial charge in [-0.25, -0.2) is 8.42 Å². The molecule has 0 aliphatic heterocycles. The van der Waals surface area contributed by atoms with Crippen molar-refractivity contribution in [1.29, 1.82) is 0 Å². The maximum atomic E-state index is 13.6. The number of hydrogen-bond acceptors (Lipinski definition) is 3. The third-order valence-electron chi connectivity index (χ3n) is 6.04. The Hall–Kier alpha value is -3.12. The average Bonchev–Trinajstić information content (AvgIpc) is 2.76. The molecule has 3 aromatic rings. The SMILES string of the molecule is Cc1ccc(S(=O)(=O)N(CC(=O)N[C@H](C)c2ccc(C(C)(C)C)cc2)c2cc(C)cc(C)c2)cc1. The number of nitrogens with one attached hydrogen (secondary N) is 1. The molecular formula is C29H36N2O3S. The second kappa shape index (κ2) is 10.2. The van der Waals surface area contributed by atoms with E-state index >= 15 is 0 Å². The Morgan fingerprint density at radius 2 is 1.40 bits per heavy atom. The summed E-state index contributed by atoms with van der Waals surface area (Å²) in [6.07, 6.45) is 0. The number of hydrogen-bond donors (Lipinski definition) is 1. The Labute approximate surface area is 210 Å². The molecule has 3 rings (SSSR count). The van der Waals surface area contributed by atoms with Crippen molar-refractivity contribution in [2.75, 3.05) is 10.8 Å². The zero-order valence-corrected chi connectivity index (χ0v) is 22.5. The van der Waals surface area contributed by atoms with Gasteiger partial charge in [-0.05, 0) is 79.6 Å². The third-order valence-corrected chi connectivity index (χ3v) is 7.83. The highest BCUT2D eigenvalue weighted by atomic mass is 32.2. The van der Waals surface area contributed by atoms with Crippen molar-refractivity contribution in [1.82, 2.24) is 5.32 Å². The zero-order valence-electron chi connectivity index (χ0n) is 21.7. The number of aryl methyl sites for hydroxylation is 3. The van der Waals surface area contributed by atoms with Crippen LogP contribution in [0.5, 0.6) is 0 Å². The molecule has 0 radical (unpaired) electrons. The Balaban J connectivity index is 1.88. The smallest absolute Gasteiger partial charge is 0.264 e. The van der Waals surface area contributed by atoms with E-state index in [-0.39, 0.29) is 28.8 Å². The summed E-state index contributed by atoms with van der Waals surface area (Å²) in [7, 11) is -3.95. The second-order valence-electron chi connectivity index (χ2n) is 10.3. The molecule has 186 valence electrons. The van der Waals surface area contributed by atoms with Crippen molar-refractivity contribution in [2.45, 2.75) is 64.8 Å². The lowest BCUT2D eigenvalue weighted by molar-refractivity contribution is -0.120. The van der Waals surface area contributed by atoms with Gasteiger partial charge in [-0.2, -0.15) is 0 Å². The van der Waals surface area contributed by atoms with E-state index in [0.29, 0.717) is 5.69 Å². The standard InChI is InChI=1S/C29H36N2O3S/c1-20-8-14-27(15-9-20)35(33,34)31(26-17-21(2)16-22(3)18-26)19-28(32)30-23(4)24-10-12-25(13-11-24)29(5,6)7/h8-18,23H,19H2,1-7H3,(H,30,32)/t23-/m1/s1. The fraction of sp³-hybridized carbons (Fsp3) is 0.345. The summed E-state index contributed by atoms with van der Waals surface area (Å²) in [5.74, 6) is -0.368. The van der Waals surface area contributed by atoms with Gasteiger partial charge in [-0.1, -0.05) is 68.8 Å². The molecule has 1 N–H and O–H groups in total. The van der Waals surface area contributed by atoms with Crippen LogP contribution in [0.1, 0.15) is 61.6 Å². The zero-order chi connectivity index (χ0) is 26.0. The number of carbonyl (C=O) groups excluding carboxylic acids is 1. The maximum absolute atomic E-state index is 13.6. The van der Waals surface area contributed by atoms with Crippen molar-refractivity contribution < 1.29 is 13.2 Å². The fourth-order valence-electron chi connectivity index (χ4n) is 4.02. The molecule has 35 heavy (non-hydrogen) atoms. The van der Waals surface area contributed by atoms with Gasteiger partial charge >= 0.3 is 0 Å². The molecule has 0 bridgehead atoms. The number of amides is 1. The van der Waals surface area contributed by atoms with Crippen LogP contribution in [0, 0.1) is 20.8 Å². The average molecular weight is 493 g/mol. The van der Waals surface area contributed by atoms with Crippen LogP contribution >= 0.6 is 0 Å². The van der Waals surface area contributed by atoms with Crippen LogP contribution in [0.3, 0.4) is 0 Å². The Morgan fingerprint density at radius 1 is 0.857 bits per heavy atom. The number of sulfonamides is 1. The van der Waals surface area contributed by atoms with E-state index < -0.39 is 10.0 Å². The highest BCUT2D eigenvalue weighted by Gasteiger charge is 2.28. The fourth-order valence-corrected chi connectivity index (χ4v) is 5.42. The first kappa shape index (κ1) is 26.5. The number of nitrogens with zero attached hydrogens (tertiary/aromatic N) is 1. The van der Waals surface area contributed by atoms with Gasteiger partial charge in [0.05, 0.1) is 16.6 Å². The van der Waals surface area contributed by atoms with Crippen molar-refractivity contribution in [3.63, 3.8) is 0 Å². The minimum absolute atomic E-state index is 0.0435. The van der Waals surface area contributed by atoms with Crippen molar-refractivity contribution in [2.24, 2.45) is 0 Å². The van der Waals surface area contributed by atoms with Crippen LogP contribution in [0.4, 0.5) is 5.69 Å². The molecule has 0 heterocycles. The predicted molar refractivity (Wildman–Crippen MR) is 143 cm³/mol. The van der Waals surface area contributed by atoms with Gasteiger partial charge in [-0.3, -0.25) is 9.10 Å². The molecular weight excluding hydrogens is 456 g/mol. The maximum Gasteiger partial charge on any atom is 0.264 e. The number of benzene rings is 3. The summed E-state index contributed by atoms with van der Waals surface area (Å²) in [4.78, 5) is 13.3. The molecule has 0 saturated heterocycles. The molecule has 0 aliphatic carbocycles. The van der Waals surface area contributed by atoms with Crippen LogP contribution < -0.4 is 9.62 Å². The Kier molecular flexibility index (Phi) is 7.75. The lowest BCUT2D eigenvalue weighted by Crippen LogP contribution is -2.41. The van der Waals surface area contributed by atoms with E-state index in [1.165, 1.54) is 9.87 Å². The summed E-state index contributed by atoms with van der Waals surface area (Å²) in [6, 6.07) is 20.1. The highest BCUT2D eigenvalue weighted by molar-refractivity contribution is 7.92. The van der Waals surface area contributed by atoms with Gasteiger partial charge in [0.2, 0.25) is 5.91 Å². The van der Waals surface area contributed by atoms with Gasteiger partial charge in [0.15, 0.2) is 0 Å². The van der Waals surface area contributed by atoms with Crippen LogP contribution in [-0.2, 0) is 20.2 Å². The second-order valence-corrected chi connectivity index (χ2v) is 12.2. The number of anilines is 1. The van der Waals surface area contributed by atoms with E-state index in [1.54, 1.807) is 36.4 Å². The van der Waals surface area contributed by atoms with Crippen LogP contribution in [0.25, 0.3) is 0 Å². The van der Waals surface area contributed by atoms with Gasteiger partial charge in [0.1, 0.15) is 6.54 Å². The molecule has 1 atom stereocenters. The molecule has 5 nitrogen and oxygen atoms in total. The van der Waals surface area contributed by atoms with E-state index in [2.05, 4.69) is 38.2 Å². The van der Waals surface area contributed by atoms with Crippen LogP contribution in [0.15, 0.2) is 71.6 Å². The van der Waals surface area contributed by atoms with E-state index in [0.717, 1.165) is 22.3 Å². The molecule has 0 unspecified atom stereocenters. The largest absolute Gasteiger partial charge is 0.348 e. The summed E-state index contributed by atoms with van der Waals surface area (Å²) < 4.78 is 28.5. The summed E-state index contributed by atoms with van der Waals surface area (Å²) in [5, 5.41) is 2.97. The molecule has 0 spiro atoms. The quantitative estimate of drug-likeness (QED) is 0.441. The first-order valence-corrected chi connectivity index (χ1v) is 13.3. The number of carbonyl (C=O) groups is 1. The Morgan fingerprint density at radius 3 is 1.91 bits per heavy atom. The van der Waals surface area contributed by atoms with Gasteiger partial charge < -0.3 is 5.32 Å². The Bertz CT molecular complexity index is 1270. The predicted octanol–water partition coefficient (Wildman–Crippen LogP) is 5.98. The minimum Gasteiger partial charge on any atom is -0.348 e. The lowest BCUT2D eigenvalue weighted by Gasteiger charge is -2.26. The van der Waals surface area contributed by atoms with E-state index in [9.17, 15) is 13.2 Å². The first-order chi connectivity index (χ1) is 16.3. The first-order valence-electron chi connectivity index (χ1n) is 11.8. The summed E-state index contributed by atoms with van der Waals surface area (Å²) in [6.45, 7) is 13.8. The van der Waals surface area contributed by atoms with Gasteiger partial charge in [-0.15, -0.1) is 0 Å². The third kappa shape index (κ3) is 6.51. The highest BCUT2D eigenvalue weighted by Crippen LogP contribution is 2.27. The van der Waals surface area contributed by atoms with Gasteiger partial charge in [0.25, 0.3) is 10.0 Å². The molecule has 0 fully saturated rings. The molecule has 0 aliphatic rings. The molecule has 0 saturated carbocycles. The van der Waals surface area contributed by atoms with Crippen molar-refractivity contribution in [3.05, 3.63) is 94.5 Å². The monoisotopic (exact) mass is 492 g/mol. The molecule has 0 aromatic heterocycles. The number of rotatable bonds is 7. The van der Waals surface area contributed by atoms with E-state index in [4.69, 9.17) is 0 Å². The topological polar surface area (TPSA) is 66.5 Å². The normalized spacial score (nSPS) is 12.8. The molecule has 6 heteroatoms. The van der Waals surface area contributed by atoms with Crippen LogP contribution in [0.2, 0.25) is 0 Å².